The van der Waals surface area contributed by atoms with Gasteiger partial charge in [0, 0.05) is 6.42 Å². The standard InChI is InChI=1S/C18H21N3O2S/c1-12(2)10-16(22)19-18(24)21-20-17(23)11-14-8-5-7-13-6-3-4-9-15(13)14/h3-9,12H,10-11H2,1-2H3,(H,20,23)(H2,19,21,22,24). The highest BCUT2D eigenvalue weighted by atomic mass is 32.1. The van der Waals surface area contributed by atoms with E-state index in [0.717, 1.165) is 16.3 Å². The Morgan fingerprint density at radius 2 is 1.71 bits per heavy atom. The molecule has 6 heteroatoms. The summed E-state index contributed by atoms with van der Waals surface area (Å²) >= 11 is 4.99. The minimum atomic E-state index is -0.230. The second kappa shape index (κ2) is 8.40. The first-order chi connectivity index (χ1) is 11.5. The fraction of sp³-hybridized carbons (Fsp3) is 0.278. The van der Waals surface area contributed by atoms with Crippen molar-refractivity contribution in [3.8, 4) is 0 Å². The quantitative estimate of drug-likeness (QED) is 0.589. The van der Waals surface area contributed by atoms with Gasteiger partial charge in [-0.15, -0.1) is 0 Å². The van der Waals surface area contributed by atoms with Crippen LogP contribution in [0, 0.1) is 5.92 Å². The summed E-state index contributed by atoms with van der Waals surface area (Å²) in [6.07, 6.45) is 0.600. The van der Waals surface area contributed by atoms with E-state index in [1.54, 1.807) is 0 Å². The molecule has 0 saturated carbocycles. The van der Waals surface area contributed by atoms with Crippen molar-refractivity contribution >= 4 is 39.9 Å². The number of nitrogens with one attached hydrogen (secondary N) is 3. The average Bonchev–Trinajstić information content (AvgIpc) is 2.52. The Balaban J connectivity index is 1.87. The van der Waals surface area contributed by atoms with Crippen LogP contribution in [0.25, 0.3) is 10.8 Å². The van der Waals surface area contributed by atoms with Gasteiger partial charge in [-0.1, -0.05) is 56.3 Å². The number of amides is 2. The van der Waals surface area contributed by atoms with Crippen molar-refractivity contribution in [3.05, 3.63) is 48.0 Å². The van der Waals surface area contributed by atoms with Gasteiger partial charge in [0.1, 0.15) is 0 Å². The number of rotatable bonds is 4. The van der Waals surface area contributed by atoms with Gasteiger partial charge in [0.2, 0.25) is 11.8 Å². The van der Waals surface area contributed by atoms with E-state index >= 15 is 0 Å². The number of hydrazine groups is 1. The van der Waals surface area contributed by atoms with E-state index in [4.69, 9.17) is 12.2 Å². The van der Waals surface area contributed by atoms with Crippen LogP contribution >= 0.6 is 12.2 Å². The maximum Gasteiger partial charge on any atom is 0.242 e. The highest BCUT2D eigenvalue weighted by Crippen LogP contribution is 2.18. The molecule has 24 heavy (non-hydrogen) atoms. The summed E-state index contributed by atoms with van der Waals surface area (Å²) in [7, 11) is 0. The van der Waals surface area contributed by atoms with Crippen LogP contribution in [0.2, 0.25) is 0 Å². The van der Waals surface area contributed by atoms with E-state index in [2.05, 4.69) is 16.2 Å². The molecule has 2 amide bonds. The van der Waals surface area contributed by atoms with Gasteiger partial charge in [0.15, 0.2) is 5.11 Å². The molecule has 0 bridgehead atoms. The molecule has 0 heterocycles. The van der Waals surface area contributed by atoms with E-state index in [1.807, 2.05) is 56.3 Å². The number of hydrogen-bond acceptors (Lipinski definition) is 3. The number of hydrogen-bond donors (Lipinski definition) is 3. The Bertz CT molecular complexity index is 754. The summed E-state index contributed by atoms with van der Waals surface area (Å²) in [5.41, 5.74) is 6.00. The van der Waals surface area contributed by atoms with Gasteiger partial charge in [0.25, 0.3) is 0 Å². The molecule has 3 N–H and O–H groups in total. The molecule has 0 aliphatic rings. The van der Waals surface area contributed by atoms with Crippen molar-refractivity contribution in [3.63, 3.8) is 0 Å². The molecule has 2 rings (SSSR count). The molecule has 126 valence electrons. The predicted octanol–water partition coefficient (Wildman–Crippen LogP) is 2.45. The van der Waals surface area contributed by atoms with Crippen molar-refractivity contribution in [2.45, 2.75) is 26.7 Å². The lowest BCUT2D eigenvalue weighted by atomic mass is 10.0. The van der Waals surface area contributed by atoms with Crippen molar-refractivity contribution in [1.29, 1.82) is 0 Å². The lowest BCUT2D eigenvalue weighted by Crippen LogP contribution is -2.49. The number of thiocarbonyl (C=S) groups is 1. The number of carbonyl (C=O) groups is 2. The van der Waals surface area contributed by atoms with Crippen molar-refractivity contribution in [1.82, 2.24) is 16.2 Å². The van der Waals surface area contributed by atoms with E-state index in [9.17, 15) is 9.59 Å². The molecule has 0 aliphatic heterocycles. The van der Waals surface area contributed by atoms with Gasteiger partial charge in [-0.25, -0.2) is 0 Å². The van der Waals surface area contributed by atoms with E-state index < -0.39 is 0 Å². The Labute approximate surface area is 146 Å². The molecule has 0 atom stereocenters. The van der Waals surface area contributed by atoms with E-state index in [0.29, 0.717) is 6.42 Å². The summed E-state index contributed by atoms with van der Waals surface area (Å²) < 4.78 is 0. The molecular weight excluding hydrogens is 322 g/mol. The Kier molecular flexibility index (Phi) is 6.26. The Morgan fingerprint density at radius 3 is 2.46 bits per heavy atom. The molecule has 0 fully saturated rings. The molecule has 0 radical (unpaired) electrons. The fourth-order valence-corrected chi connectivity index (χ4v) is 2.53. The zero-order valence-electron chi connectivity index (χ0n) is 13.8. The second-order valence-electron chi connectivity index (χ2n) is 5.96. The molecule has 0 spiro atoms. The molecule has 2 aromatic carbocycles. The van der Waals surface area contributed by atoms with Crippen LogP contribution in [0.4, 0.5) is 0 Å². The largest absolute Gasteiger partial charge is 0.302 e. The maximum absolute atomic E-state index is 12.1. The van der Waals surface area contributed by atoms with E-state index in [1.165, 1.54) is 0 Å². The summed E-state index contributed by atoms with van der Waals surface area (Å²) in [6, 6.07) is 13.8. The predicted molar refractivity (Wildman–Crippen MR) is 99.1 cm³/mol. The molecule has 0 aliphatic carbocycles. The minimum absolute atomic E-state index is 0.0897. The van der Waals surface area contributed by atoms with Gasteiger partial charge >= 0.3 is 0 Å². The lowest BCUT2D eigenvalue weighted by Gasteiger charge is -2.12. The average molecular weight is 343 g/mol. The molecule has 0 aromatic heterocycles. The third-order valence-electron chi connectivity index (χ3n) is 3.39. The van der Waals surface area contributed by atoms with Crippen LogP contribution in [0.5, 0.6) is 0 Å². The van der Waals surface area contributed by atoms with Crippen LogP contribution in [0.15, 0.2) is 42.5 Å². The molecular formula is C18H21N3O2S. The van der Waals surface area contributed by atoms with Crippen LogP contribution in [-0.4, -0.2) is 16.9 Å². The number of fused-ring (bicyclic) bond motifs is 1. The maximum atomic E-state index is 12.1. The smallest absolute Gasteiger partial charge is 0.242 e. The van der Waals surface area contributed by atoms with Crippen molar-refractivity contribution in [2.75, 3.05) is 0 Å². The molecule has 5 nitrogen and oxygen atoms in total. The lowest BCUT2D eigenvalue weighted by molar-refractivity contribution is -0.122. The Morgan fingerprint density at radius 1 is 1.00 bits per heavy atom. The highest BCUT2D eigenvalue weighted by molar-refractivity contribution is 7.80. The zero-order valence-corrected chi connectivity index (χ0v) is 14.6. The monoisotopic (exact) mass is 343 g/mol. The highest BCUT2D eigenvalue weighted by Gasteiger charge is 2.09. The van der Waals surface area contributed by atoms with Crippen LogP contribution in [-0.2, 0) is 16.0 Å². The number of carbonyl (C=O) groups excluding carboxylic acids is 2. The fourth-order valence-electron chi connectivity index (χ4n) is 2.37. The van der Waals surface area contributed by atoms with Crippen molar-refractivity contribution in [2.24, 2.45) is 5.92 Å². The van der Waals surface area contributed by atoms with E-state index in [-0.39, 0.29) is 29.3 Å². The zero-order chi connectivity index (χ0) is 17.5. The van der Waals surface area contributed by atoms with Gasteiger partial charge in [-0.3, -0.25) is 20.4 Å². The minimum Gasteiger partial charge on any atom is -0.302 e. The first kappa shape index (κ1) is 17.9. The van der Waals surface area contributed by atoms with Gasteiger partial charge in [-0.05, 0) is 34.5 Å². The summed E-state index contributed by atoms with van der Waals surface area (Å²) in [5.74, 6) is -0.161. The SMILES string of the molecule is CC(C)CC(=O)NC(=S)NNC(=O)Cc1cccc2ccccc12. The molecule has 0 saturated heterocycles. The summed E-state index contributed by atoms with van der Waals surface area (Å²) in [4.78, 5) is 23.7. The second-order valence-corrected chi connectivity index (χ2v) is 6.37. The first-order valence-corrected chi connectivity index (χ1v) is 8.22. The Hall–Kier alpha value is -2.47. The topological polar surface area (TPSA) is 70.2 Å². The third kappa shape index (κ3) is 5.31. The third-order valence-corrected chi connectivity index (χ3v) is 3.60. The van der Waals surface area contributed by atoms with Crippen LogP contribution in [0.1, 0.15) is 25.8 Å². The van der Waals surface area contributed by atoms with Crippen LogP contribution in [0.3, 0.4) is 0 Å². The van der Waals surface area contributed by atoms with Gasteiger partial charge in [0.05, 0.1) is 6.42 Å². The van der Waals surface area contributed by atoms with Gasteiger partial charge < -0.3 is 5.32 Å². The summed E-state index contributed by atoms with van der Waals surface area (Å²) in [6.45, 7) is 3.89. The summed E-state index contributed by atoms with van der Waals surface area (Å²) in [5, 5.41) is 4.75. The number of benzene rings is 2. The molecule has 0 unspecified atom stereocenters. The van der Waals surface area contributed by atoms with Crippen molar-refractivity contribution < 1.29 is 9.59 Å². The van der Waals surface area contributed by atoms with Gasteiger partial charge in [-0.2, -0.15) is 0 Å². The molecule has 2 aromatic rings. The first-order valence-electron chi connectivity index (χ1n) is 7.81. The normalized spacial score (nSPS) is 10.5. The van der Waals surface area contributed by atoms with Crippen LogP contribution < -0.4 is 16.2 Å².